The Morgan fingerprint density at radius 3 is 2.56 bits per heavy atom. The van der Waals surface area contributed by atoms with Gasteiger partial charge in [0.1, 0.15) is 24.2 Å². The predicted molar refractivity (Wildman–Crippen MR) is 128 cm³/mol. The van der Waals surface area contributed by atoms with Gasteiger partial charge in [-0.3, -0.25) is 4.90 Å². The largest absolute Gasteiger partial charge is 0.506 e. The average molecular weight is 506 g/mol. The maximum Gasteiger partial charge on any atom is 0.506 e. The van der Waals surface area contributed by atoms with Crippen LogP contribution in [-0.4, -0.2) is 48.0 Å². The van der Waals surface area contributed by atoms with Crippen molar-refractivity contribution in [2.24, 2.45) is 0 Å². The number of alkyl halides is 3. The van der Waals surface area contributed by atoms with E-state index < -0.39 is 17.9 Å². The van der Waals surface area contributed by atoms with Crippen LogP contribution in [0.1, 0.15) is 49.4 Å². The molecule has 194 valence electrons. The fraction of sp³-hybridized carbons (Fsp3) is 0.444. The van der Waals surface area contributed by atoms with E-state index in [2.05, 4.69) is 11.8 Å². The van der Waals surface area contributed by atoms with E-state index >= 15 is 0 Å². The third-order valence-corrected chi connectivity index (χ3v) is 6.43. The van der Waals surface area contributed by atoms with Crippen LogP contribution in [-0.2, 0) is 23.9 Å². The van der Waals surface area contributed by atoms with Gasteiger partial charge in [0.25, 0.3) is 0 Å². The normalized spacial score (nSPS) is 16.5. The molecule has 0 radical (unpaired) electrons. The highest BCUT2D eigenvalue weighted by Crippen LogP contribution is 2.38. The molecule has 2 aliphatic rings. The van der Waals surface area contributed by atoms with Crippen molar-refractivity contribution in [3.8, 4) is 11.5 Å². The number of aryl methyl sites for hydroxylation is 1. The van der Waals surface area contributed by atoms with Crippen molar-refractivity contribution in [2.75, 3.05) is 19.6 Å². The molecule has 1 saturated heterocycles. The summed E-state index contributed by atoms with van der Waals surface area (Å²) in [4.78, 5) is 12.8. The summed E-state index contributed by atoms with van der Waals surface area (Å²) in [6.07, 6.45) is -4.66. The number of nitrogens with zero attached hydrogens (tertiary/aromatic N) is 1. The van der Waals surface area contributed by atoms with Gasteiger partial charge < -0.3 is 19.3 Å². The number of hydrogen-bond donors (Lipinski definition) is 1. The van der Waals surface area contributed by atoms with Gasteiger partial charge in [-0.1, -0.05) is 17.7 Å². The first-order valence-electron chi connectivity index (χ1n) is 11.9. The van der Waals surface area contributed by atoms with E-state index in [1.54, 1.807) is 19.9 Å². The Hall–Kier alpha value is -3.20. The van der Waals surface area contributed by atoms with E-state index in [-0.39, 0.29) is 24.6 Å². The van der Waals surface area contributed by atoms with E-state index in [1.807, 2.05) is 18.2 Å². The second-order valence-corrected chi connectivity index (χ2v) is 9.53. The van der Waals surface area contributed by atoms with E-state index in [0.29, 0.717) is 24.4 Å². The molecule has 0 atom stereocenters. The molecule has 0 unspecified atom stereocenters. The minimum Gasteiger partial charge on any atom is -0.490 e. The van der Waals surface area contributed by atoms with Crippen LogP contribution in [0.4, 0.5) is 18.0 Å². The lowest BCUT2D eigenvalue weighted by Gasteiger charge is -2.39. The number of allylic oxidation sites excluding steroid dienone is 1. The van der Waals surface area contributed by atoms with E-state index in [4.69, 9.17) is 19.3 Å². The van der Waals surface area contributed by atoms with E-state index in [1.165, 1.54) is 17.2 Å². The first kappa shape index (κ1) is 25.9. The topological polar surface area (TPSA) is 68.2 Å². The molecule has 9 heteroatoms. The van der Waals surface area contributed by atoms with Crippen molar-refractivity contribution < 1.29 is 37.3 Å². The van der Waals surface area contributed by atoms with E-state index in [0.717, 1.165) is 36.6 Å². The highest BCUT2D eigenvalue weighted by Gasteiger charge is 2.35. The molecule has 6 nitrogen and oxygen atoms in total. The van der Waals surface area contributed by atoms with Crippen molar-refractivity contribution >= 4 is 11.7 Å². The van der Waals surface area contributed by atoms with E-state index in [9.17, 15) is 18.0 Å². The lowest BCUT2D eigenvalue weighted by Crippen LogP contribution is -2.53. The molecule has 36 heavy (non-hydrogen) atoms. The van der Waals surface area contributed by atoms with Crippen LogP contribution >= 0.6 is 0 Å². The minimum atomic E-state index is -4.52. The van der Waals surface area contributed by atoms with Gasteiger partial charge in [-0.25, -0.2) is 4.79 Å². The molecule has 1 fully saturated rings. The molecule has 0 saturated carbocycles. The summed E-state index contributed by atoms with van der Waals surface area (Å²) in [6.45, 7) is 7.44. The molecule has 2 aromatic rings. The molecule has 0 bridgehead atoms. The van der Waals surface area contributed by atoms with Gasteiger partial charge in [0.05, 0.1) is 11.7 Å². The molecular formula is C27H30F3NO5. The van der Waals surface area contributed by atoms with Gasteiger partial charge in [-0.15, -0.1) is 0 Å². The standard InChI is InChI=1S/C27H30F3NO5/c1-16(2)35-25-9-4-18(10-24(25)27(28,29)30)15-34-21-7-8-23-17(3)20(6-5-19(23)11-21)12-31-13-22(14-31)36-26(32)33/h4,7-11,16,22H,5-6,12-15H2,1-3H3,(H,32,33). The number of carbonyl (C=O) groups is 1. The first-order chi connectivity index (χ1) is 17.0. The number of halogens is 3. The minimum absolute atomic E-state index is 0.0123. The molecular weight excluding hydrogens is 475 g/mol. The third kappa shape index (κ3) is 6.13. The zero-order valence-corrected chi connectivity index (χ0v) is 20.5. The zero-order valence-electron chi connectivity index (χ0n) is 20.5. The molecule has 1 aliphatic heterocycles. The Kier molecular flexibility index (Phi) is 7.49. The molecule has 1 heterocycles. The first-order valence-corrected chi connectivity index (χ1v) is 11.9. The Morgan fingerprint density at radius 2 is 1.89 bits per heavy atom. The molecule has 0 aromatic heterocycles. The van der Waals surface area contributed by atoms with Crippen molar-refractivity contribution in [2.45, 2.75) is 58.6 Å². The molecule has 0 spiro atoms. The number of fused-ring (bicyclic) bond motifs is 1. The fourth-order valence-electron chi connectivity index (χ4n) is 4.64. The summed E-state index contributed by atoms with van der Waals surface area (Å²) in [7, 11) is 0. The van der Waals surface area contributed by atoms with Crippen LogP contribution in [0.5, 0.6) is 11.5 Å². The number of benzene rings is 2. The lowest BCUT2D eigenvalue weighted by molar-refractivity contribution is -0.139. The van der Waals surface area contributed by atoms with Gasteiger partial charge in [0.2, 0.25) is 0 Å². The van der Waals surface area contributed by atoms with Gasteiger partial charge in [-0.05, 0) is 80.1 Å². The Bertz CT molecular complexity index is 1150. The second-order valence-electron chi connectivity index (χ2n) is 9.53. The predicted octanol–water partition coefficient (Wildman–Crippen LogP) is 6.17. The summed E-state index contributed by atoms with van der Waals surface area (Å²) in [5.74, 6) is 0.425. The third-order valence-electron chi connectivity index (χ3n) is 6.43. The van der Waals surface area contributed by atoms with Crippen LogP contribution in [0.3, 0.4) is 0 Å². The molecule has 0 amide bonds. The number of hydrogen-bond acceptors (Lipinski definition) is 5. The Morgan fingerprint density at radius 1 is 1.14 bits per heavy atom. The summed E-state index contributed by atoms with van der Waals surface area (Å²) >= 11 is 0. The average Bonchev–Trinajstić information content (AvgIpc) is 2.77. The van der Waals surface area contributed by atoms with Crippen LogP contribution < -0.4 is 9.47 Å². The van der Waals surface area contributed by atoms with Gasteiger partial charge in [0.15, 0.2) is 0 Å². The van der Waals surface area contributed by atoms with Crippen LogP contribution in [0.25, 0.3) is 5.57 Å². The maximum absolute atomic E-state index is 13.5. The smallest absolute Gasteiger partial charge is 0.490 e. The quantitative estimate of drug-likeness (QED) is 0.433. The number of likely N-dealkylation sites (tertiary alicyclic amines) is 1. The van der Waals surface area contributed by atoms with Gasteiger partial charge in [0, 0.05) is 19.6 Å². The lowest BCUT2D eigenvalue weighted by atomic mass is 9.85. The summed E-state index contributed by atoms with van der Waals surface area (Å²) in [6, 6.07) is 9.80. The Labute approximate surface area is 208 Å². The van der Waals surface area contributed by atoms with Crippen molar-refractivity contribution in [1.82, 2.24) is 4.90 Å². The SMILES string of the molecule is CC1=C(CN2CC(OC(=O)O)C2)CCc2cc(OCc3ccc(OC(C)C)c(C(F)(F)F)c3)ccc21. The highest BCUT2D eigenvalue weighted by molar-refractivity contribution is 5.72. The van der Waals surface area contributed by atoms with Crippen LogP contribution in [0.2, 0.25) is 0 Å². The number of rotatable bonds is 8. The van der Waals surface area contributed by atoms with Crippen molar-refractivity contribution in [3.63, 3.8) is 0 Å². The van der Waals surface area contributed by atoms with Gasteiger partial charge in [-0.2, -0.15) is 13.2 Å². The van der Waals surface area contributed by atoms with Gasteiger partial charge >= 0.3 is 12.3 Å². The molecule has 1 N–H and O–H groups in total. The second kappa shape index (κ2) is 10.4. The van der Waals surface area contributed by atoms with Crippen LogP contribution in [0.15, 0.2) is 42.0 Å². The van der Waals surface area contributed by atoms with Crippen molar-refractivity contribution in [3.05, 3.63) is 64.2 Å². The fourth-order valence-corrected chi connectivity index (χ4v) is 4.64. The summed E-state index contributed by atoms with van der Waals surface area (Å²) in [5, 5.41) is 8.71. The van der Waals surface area contributed by atoms with Crippen LogP contribution in [0, 0.1) is 0 Å². The maximum atomic E-state index is 13.5. The number of carboxylic acid groups (broad SMARTS) is 1. The summed E-state index contributed by atoms with van der Waals surface area (Å²) < 4.78 is 56.5. The van der Waals surface area contributed by atoms with Crippen molar-refractivity contribution in [1.29, 1.82) is 0 Å². The monoisotopic (exact) mass is 505 g/mol. The number of ether oxygens (including phenoxy) is 3. The molecule has 4 rings (SSSR count). The summed E-state index contributed by atoms with van der Waals surface area (Å²) in [5.41, 5.74) is 4.39. The molecule has 1 aliphatic carbocycles. The highest BCUT2D eigenvalue weighted by atomic mass is 19.4. The Balaban J connectivity index is 1.40. The molecule has 2 aromatic carbocycles. The zero-order chi connectivity index (χ0) is 26.0.